The van der Waals surface area contributed by atoms with Gasteiger partial charge in [-0.05, 0) is 12.0 Å². The molecule has 3 N–H and O–H groups in total. The highest BCUT2D eigenvalue weighted by Crippen LogP contribution is 2.25. The maximum absolute atomic E-state index is 11.6. The Hall–Kier alpha value is -2.34. The summed E-state index contributed by atoms with van der Waals surface area (Å²) in [5.41, 5.74) is 7.27. The largest absolute Gasteiger partial charge is 0.477 e. The van der Waals surface area contributed by atoms with Crippen molar-refractivity contribution >= 4 is 41.6 Å². The van der Waals surface area contributed by atoms with Crippen LogP contribution in [0.2, 0.25) is 0 Å². The number of fused-ring (bicyclic) bond motifs is 1. The number of aromatic nitrogens is 1. The van der Waals surface area contributed by atoms with E-state index in [1.165, 1.54) is 0 Å². The zero-order valence-corrected chi connectivity index (χ0v) is 15.5. The van der Waals surface area contributed by atoms with Crippen molar-refractivity contribution in [2.75, 3.05) is 6.61 Å². The van der Waals surface area contributed by atoms with Crippen LogP contribution in [0.25, 0.3) is 10.8 Å². The Morgan fingerprint density at radius 3 is 2.42 bits per heavy atom. The van der Waals surface area contributed by atoms with E-state index in [0.29, 0.717) is 11.8 Å². The van der Waals surface area contributed by atoms with E-state index in [1.54, 1.807) is 18.3 Å². The van der Waals surface area contributed by atoms with Crippen LogP contribution in [-0.4, -0.2) is 28.7 Å². The molecule has 0 radical (unpaired) electrons. The summed E-state index contributed by atoms with van der Waals surface area (Å²) < 4.78 is 5.62. The number of carbonyl (C=O) groups is 1. The van der Waals surface area contributed by atoms with Crippen molar-refractivity contribution in [1.29, 1.82) is 0 Å². The highest BCUT2D eigenvalue weighted by Gasteiger charge is 2.18. The quantitative estimate of drug-likeness (QED) is 0.665. The first kappa shape index (κ1) is 21.7. The van der Waals surface area contributed by atoms with Crippen molar-refractivity contribution in [2.45, 2.75) is 12.5 Å². The number of carboxylic acids is 1. The Kier molecular flexibility index (Phi) is 8.32. The number of nitrogens with two attached hydrogens (primary N) is 1. The molecule has 0 spiro atoms. The number of ether oxygens (including phenoxy) is 1. The number of rotatable bonds is 6. The predicted molar refractivity (Wildman–Crippen MR) is 107 cm³/mol. The standard InChI is InChI=1S/C19H18N2O3.2ClH/c20-15(10-13-6-2-1-3-7-13)12-24-18-17(19(22)23)16-9-5-4-8-14(16)11-21-18;;/h1-9,11,15H,10,12,20H2,(H,22,23);2*1H. The van der Waals surface area contributed by atoms with E-state index < -0.39 is 5.97 Å². The van der Waals surface area contributed by atoms with Gasteiger partial charge >= 0.3 is 5.97 Å². The maximum atomic E-state index is 11.6. The van der Waals surface area contributed by atoms with Gasteiger partial charge in [-0.15, -0.1) is 24.8 Å². The summed E-state index contributed by atoms with van der Waals surface area (Å²) in [6.45, 7) is 0.195. The first-order valence-corrected chi connectivity index (χ1v) is 7.68. The Morgan fingerprint density at radius 1 is 1.08 bits per heavy atom. The second-order valence-electron chi connectivity index (χ2n) is 5.59. The molecule has 0 amide bonds. The van der Waals surface area contributed by atoms with Crippen molar-refractivity contribution in [1.82, 2.24) is 4.98 Å². The highest BCUT2D eigenvalue weighted by atomic mass is 35.5. The molecule has 0 aliphatic rings. The van der Waals surface area contributed by atoms with Crippen molar-refractivity contribution in [3.05, 3.63) is 71.9 Å². The lowest BCUT2D eigenvalue weighted by atomic mass is 10.1. The number of pyridine rings is 1. The third kappa shape index (κ3) is 5.08. The monoisotopic (exact) mass is 394 g/mol. The predicted octanol–water partition coefficient (Wildman–Crippen LogP) is 3.73. The molecule has 1 aromatic heterocycles. The summed E-state index contributed by atoms with van der Waals surface area (Å²) in [6, 6.07) is 16.8. The smallest absolute Gasteiger partial charge is 0.341 e. The lowest BCUT2D eigenvalue weighted by Crippen LogP contribution is -2.30. The number of nitrogens with zero attached hydrogens (tertiary/aromatic N) is 1. The van der Waals surface area contributed by atoms with Crippen LogP contribution in [0.3, 0.4) is 0 Å². The minimum atomic E-state index is -1.06. The number of hydrogen-bond donors (Lipinski definition) is 2. The summed E-state index contributed by atoms with van der Waals surface area (Å²) in [5.74, 6) is -0.962. The minimum absolute atomic E-state index is 0. The molecule has 1 heterocycles. The Balaban J connectivity index is 0.00000169. The van der Waals surface area contributed by atoms with Gasteiger partial charge in [0.05, 0.1) is 0 Å². The molecule has 0 bridgehead atoms. The van der Waals surface area contributed by atoms with E-state index in [-0.39, 0.29) is 48.9 Å². The van der Waals surface area contributed by atoms with Gasteiger partial charge in [-0.1, -0.05) is 54.6 Å². The summed E-state index contributed by atoms with van der Waals surface area (Å²) in [5, 5.41) is 10.9. The van der Waals surface area contributed by atoms with Crippen LogP contribution in [0.4, 0.5) is 0 Å². The fourth-order valence-electron chi connectivity index (χ4n) is 2.62. The average molecular weight is 395 g/mol. The van der Waals surface area contributed by atoms with Gasteiger partial charge in [-0.25, -0.2) is 9.78 Å². The SMILES string of the molecule is Cl.Cl.NC(COc1ncc2ccccc2c1C(=O)O)Cc1ccccc1. The van der Waals surface area contributed by atoms with Gasteiger partial charge in [0.25, 0.3) is 0 Å². The fourth-order valence-corrected chi connectivity index (χ4v) is 2.62. The first-order chi connectivity index (χ1) is 11.6. The van der Waals surface area contributed by atoms with E-state index in [0.717, 1.165) is 10.9 Å². The Morgan fingerprint density at radius 2 is 1.73 bits per heavy atom. The summed E-state index contributed by atoms with van der Waals surface area (Å²) in [6.07, 6.45) is 2.26. The highest BCUT2D eigenvalue weighted by molar-refractivity contribution is 6.05. The van der Waals surface area contributed by atoms with Crippen LogP contribution < -0.4 is 10.5 Å². The fraction of sp³-hybridized carbons (Fsp3) is 0.158. The molecule has 7 heteroatoms. The lowest BCUT2D eigenvalue weighted by Gasteiger charge is -2.15. The number of benzene rings is 2. The first-order valence-electron chi connectivity index (χ1n) is 7.68. The molecule has 0 fully saturated rings. The molecular weight excluding hydrogens is 375 g/mol. The van der Waals surface area contributed by atoms with Crippen LogP contribution in [0, 0.1) is 0 Å². The van der Waals surface area contributed by atoms with Gasteiger partial charge in [-0.2, -0.15) is 0 Å². The number of halogens is 2. The summed E-state index contributed by atoms with van der Waals surface area (Å²) in [4.78, 5) is 15.8. The molecule has 2 aromatic carbocycles. The average Bonchev–Trinajstić information content (AvgIpc) is 2.60. The molecule has 1 unspecified atom stereocenters. The van der Waals surface area contributed by atoms with Gasteiger partial charge in [0, 0.05) is 23.0 Å². The summed E-state index contributed by atoms with van der Waals surface area (Å²) in [7, 11) is 0. The minimum Gasteiger partial charge on any atom is -0.477 e. The van der Waals surface area contributed by atoms with E-state index in [2.05, 4.69) is 4.98 Å². The third-order valence-corrected chi connectivity index (χ3v) is 3.75. The van der Waals surface area contributed by atoms with Gasteiger partial charge in [0.2, 0.25) is 5.88 Å². The molecule has 0 aliphatic carbocycles. The second kappa shape index (κ2) is 9.97. The lowest BCUT2D eigenvalue weighted by molar-refractivity contribution is 0.0693. The van der Waals surface area contributed by atoms with E-state index in [4.69, 9.17) is 10.5 Å². The number of hydrogen-bond acceptors (Lipinski definition) is 4. The maximum Gasteiger partial charge on any atom is 0.341 e. The van der Waals surface area contributed by atoms with Crippen molar-refractivity contribution in [3.8, 4) is 5.88 Å². The molecule has 1 atom stereocenters. The van der Waals surface area contributed by atoms with Crippen LogP contribution in [0.1, 0.15) is 15.9 Å². The van der Waals surface area contributed by atoms with Gasteiger partial charge < -0.3 is 15.6 Å². The topological polar surface area (TPSA) is 85.4 Å². The Bertz CT molecular complexity index is 860. The number of carboxylic acid groups (broad SMARTS) is 1. The van der Waals surface area contributed by atoms with Crippen LogP contribution in [0.5, 0.6) is 5.88 Å². The van der Waals surface area contributed by atoms with Crippen LogP contribution in [0.15, 0.2) is 60.8 Å². The van der Waals surface area contributed by atoms with E-state index >= 15 is 0 Å². The van der Waals surface area contributed by atoms with E-state index in [9.17, 15) is 9.90 Å². The molecule has 0 saturated heterocycles. The molecule has 26 heavy (non-hydrogen) atoms. The van der Waals surface area contributed by atoms with Crippen LogP contribution >= 0.6 is 24.8 Å². The molecule has 0 saturated carbocycles. The number of aromatic carboxylic acids is 1. The van der Waals surface area contributed by atoms with Gasteiger partial charge in [-0.3, -0.25) is 0 Å². The second-order valence-corrected chi connectivity index (χ2v) is 5.59. The molecule has 3 aromatic rings. The van der Waals surface area contributed by atoms with Crippen molar-refractivity contribution in [3.63, 3.8) is 0 Å². The van der Waals surface area contributed by atoms with Gasteiger partial charge in [0.1, 0.15) is 12.2 Å². The normalized spacial score (nSPS) is 11.1. The van der Waals surface area contributed by atoms with Crippen molar-refractivity contribution < 1.29 is 14.6 Å². The third-order valence-electron chi connectivity index (χ3n) is 3.75. The summed E-state index contributed by atoms with van der Waals surface area (Å²) >= 11 is 0. The molecule has 5 nitrogen and oxygen atoms in total. The Labute approximate surface area is 164 Å². The zero-order valence-electron chi connectivity index (χ0n) is 13.9. The molecule has 138 valence electrons. The molecule has 3 rings (SSSR count). The van der Waals surface area contributed by atoms with Crippen LogP contribution in [-0.2, 0) is 6.42 Å². The van der Waals surface area contributed by atoms with Crippen molar-refractivity contribution in [2.24, 2.45) is 5.73 Å². The zero-order chi connectivity index (χ0) is 16.9. The van der Waals surface area contributed by atoms with E-state index in [1.807, 2.05) is 42.5 Å². The van der Waals surface area contributed by atoms with Gasteiger partial charge in [0.15, 0.2) is 0 Å². The molecule has 0 aliphatic heterocycles. The molecular formula is C19H20Cl2N2O3.